The number of benzene rings is 2. The lowest BCUT2D eigenvalue weighted by Crippen LogP contribution is -2.36. The van der Waals surface area contributed by atoms with Crippen LogP contribution in [0, 0.1) is 6.92 Å². The first kappa shape index (κ1) is 18.3. The lowest BCUT2D eigenvalue weighted by molar-refractivity contribution is -0.137. The van der Waals surface area contributed by atoms with Crippen LogP contribution in [0.25, 0.3) is 0 Å². The summed E-state index contributed by atoms with van der Waals surface area (Å²) < 4.78 is 38.2. The second-order valence-electron chi connectivity index (χ2n) is 5.36. The van der Waals surface area contributed by atoms with Crippen molar-refractivity contribution in [3.63, 3.8) is 0 Å². The molecule has 2 aromatic rings. The Kier molecular flexibility index (Phi) is 5.31. The third-order valence-electron chi connectivity index (χ3n) is 3.40. The zero-order valence-electron chi connectivity index (χ0n) is 13.1. The number of rotatable bonds is 4. The van der Waals surface area contributed by atoms with Gasteiger partial charge in [0, 0.05) is 5.69 Å². The van der Waals surface area contributed by atoms with Crippen LogP contribution in [0.4, 0.5) is 23.7 Å². The van der Waals surface area contributed by atoms with E-state index in [1.807, 2.05) is 6.92 Å². The molecule has 0 bridgehead atoms. The first-order valence-electron chi connectivity index (χ1n) is 7.21. The van der Waals surface area contributed by atoms with E-state index >= 15 is 0 Å². The molecule has 0 heterocycles. The van der Waals surface area contributed by atoms with Crippen molar-refractivity contribution < 1.29 is 27.9 Å². The van der Waals surface area contributed by atoms with Gasteiger partial charge in [-0.05, 0) is 30.7 Å². The molecule has 2 amide bonds. The average molecular weight is 352 g/mol. The lowest BCUT2D eigenvalue weighted by Gasteiger charge is -2.18. The van der Waals surface area contributed by atoms with Crippen LogP contribution in [0.1, 0.15) is 22.7 Å². The Morgan fingerprint density at radius 2 is 1.72 bits per heavy atom. The van der Waals surface area contributed by atoms with Gasteiger partial charge in [-0.1, -0.05) is 35.9 Å². The second-order valence-corrected chi connectivity index (χ2v) is 5.36. The van der Waals surface area contributed by atoms with Crippen LogP contribution >= 0.6 is 0 Å². The Hall–Kier alpha value is -3.03. The van der Waals surface area contributed by atoms with Crippen LogP contribution in [-0.2, 0) is 11.0 Å². The molecule has 0 radical (unpaired) electrons. The number of halogens is 3. The van der Waals surface area contributed by atoms with E-state index in [4.69, 9.17) is 5.11 Å². The Morgan fingerprint density at radius 3 is 2.28 bits per heavy atom. The molecule has 132 valence electrons. The molecule has 0 spiro atoms. The van der Waals surface area contributed by atoms with Gasteiger partial charge in [0.1, 0.15) is 6.04 Å². The van der Waals surface area contributed by atoms with E-state index in [1.165, 1.54) is 6.07 Å². The van der Waals surface area contributed by atoms with Gasteiger partial charge in [0.15, 0.2) is 0 Å². The standard InChI is InChI=1S/C17H15F3N2O3/c1-10-5-7-11(8-6-10)14(22-16(24)25)15(23)21-13-4-2-3-12(9-13)17(18,19)20/h2-9,14,22H,1H3,(H,21,23)(H,24,25). The fraction of sp³-hybridized carbons (Fsp3) is 0.176. The second kappa shape index (κ2) is 7.25. The van der Waals surface area contributed by atoms with Crippen LogP contribution < -0.4 is 10.6 Å². The lowest BCUT2D eigenvalue weighted by atomic mass is 10.0. The number of hydrogen-bond donors (Lipinski definition) is 3. The molecule has 0 aliphatic rings. The molecular weight excluding hydrogens is 337 g/mol. The summed E-state index contributed by atoms with van der Waals surface area (Å²) in [6.45, 7) is 1.83. The van der Waals surface area contributed by atoms with Crippen molar-refractivity contribution in [1.82, 2.24) is 5.32 Å². The van der Waals surface area contributed by atoms with Crippen molar-refractivity contribution >= 4 is 17.7 Å². The van der Waals surface area contributed by atoms with E-state index in [0.29, 0.717) is 5.56 Å². The van der Waals surface area contributed by atoms with Gasteiger partial charge in [-0.3, -0.25) is 4.79 Å². The number of carbonyl (C=O) groups is 2. The Morgan fingerprint density at radius 1 is 1.08 bits per heavy atom. The highest BCUT2D eigenvalue weighted by atomic mass is 19.4. The normalized spacial score (nSPS) is 12.3. The minimum absolute atomic E-state index is 0.0795. The smallest absolute Gasteiger partial charge is 0.416 e. The summed E-state index contributed by atoms with van der Waals surface area (Å²) in [5.74, 6) is -0.787. The molecule has 0 aromatic heterocycles. The maximum Gasteiger partial charge on any atom is 0.416 e. The minimum Gasteiger partial charge on any atom is -0.465 e. The van der Waals surface area contributed by atoms with Gasteiger partial charge in [0.25, 0.3) is 5.91 Å². The van der Waals surface area contributed by atoms with E-state index in [1.54, 1.807) is 24.3 Å². The van der Waals surface area contributed by atoms with Gasteiger partial charge in [-0.25, -0.2) is 4.79 Å². The molecule has 1 atom stereocenters. The van der Waals surface area contributed by atoms with E-state index < -0.39 is 29.8 Å². The van der Waals surface area contributed by atoms with Gasteiger partial charge >= 0.3 is 12.3 Å². The Balaban J connectivity index is 2.25. The molecule has 1 unspecified atom stereocenters. The van der Waals surface area contributed by atoms with Gasteiger partial charge in [0.2, 0.25) is 0 Å². The quantitative estimate of drug-likeness (QED) is 0.779. The number of anilines is 1. The molecule has 0 saturated carbocycles. The van der Waals surface area contributed by atoms with Crippen molar-refractivity contribution in [1.29, 1.82) is 0 Å². The summed E-state index contributed by atoms with van der Waals surface area (Å²) in [6, 6.07) is 9.39. The predicted octanol–water partition coefficient (Wildman–Crippen LogP) is 3.96. The predicted molar refractivity (Wildman–Crippen MR) is 85.2 cm³/mol. The Labute approximate surface area is 141 Å². The topological polar surface area (TPSA) is 78.4 Å². The number of nitrogens with one attached hydrogen (secondary N) is 2. The van der Waals surface area contributed by atoms with Crippen molar-refractivity contribution in [3.8, 4) is 0 Å². The summed E-state index contributed by atoms with van der Waals surface area (Å²) in [6.07, 6.45) is -5.97. The largest absolute Gasteiger partial charge is 0.465 e. The molecule has 0 saturated heterocycles. The molecule has 0 fully saturated rings. The number of hydrogen-bond acceptors (Lipinski definition) is 2. The summed E-state index contributed by atoms with van der Waals surface area (Å²) in [7, 11) is 0. The molecule has 0 aliphatic heterocycles. The van der Waals surface area contributed by atoms with Crippen molar-refractivity contribution in [2.75, 3.05) is 5.32 Å². The number of aryl methyl sites for hydroxylation is 1. The maximum absolute atomic E-state index is 12.7. The zero-order chi connectivity index (χ0) is 18.6. The van der Waals surface area contributed by atoms with Crippen molar-refractivity contribution in [2.45, 2.75) is 19.1 Å². The molecular formula is C17H15F3N2O3. The SMILES string of the molecule is Cc1ccc(C(NC(=O)O)C(=O)Nc2cccc(C(F)(F)F)c2)cc1. The highest BCUT2D eigenvalue weighted by molar-refractivity contribution is 5.97. The molecule has 2 aromatic carbocycles. The van der Waals surface area contributed by atoms with Crippen LogP contribution in [-0.4, -0.2) is 17.1 Å². The summed E-state index contributed by atoms with van der Waals surface area (Å²) in [5, 5.41) is 13.3. The number of amides is 2. The summed E-state index contributed by atoms with van der Waals surface area (Å²) >= 11 is 0. The van der Waals surface area contributed by atoms with Gasteiger partial charge in [-0.15, -0.1) is 0 Å². The van der Waals surface area contributed by atoms with E-state index in [-0.39, 0.29) is 5.69 Å². The molecule has 3 N–H and O–H groups in total. The minimum atomic E-state index is -4.55. The third kappa shape index (κ3) is 4.97. The van der Waals surface area contributed by atoms with Gasteiger partial charge in [-0.2, -0.15) is 13.2 Å². The number of carbonyl (C=O) groups excluding carboxylic acids is 1. The van der Waals surface area contributed by atoms with Crippen molar-refractivity contribution in [2.24, 2.45) is 0 Å². The zero-order valence-corrected chi connectivity index (χ0v) is 13.1. The molecule has 5 nitrogen and oxygen atoms in total. The fourth-order valence-corrected chi connectivity index (χ4v) is 2.17. The van der Waals surface area contributed by atoms with E-state index in [2.05, 4.69) is 10.6 Å². The highest BCUT2D eigenvalue weighted by Gasteiger charge is 2.31. The van der Waals surface area contributed by atoms with Gasteiger partial charge < -0.3 is 15.7 Å². The molecule has 2 rings (SSSR count). The van der Waals surface area contributed by atoms with Crippen LogP contribution in [0.2, 0.25) is 0 Å². The molecule has 8 heteroatoms. The monoisotopic (exact) mass is 352 g/mol. The van der Waals surface area contributed by atoms with Crippen LogP contribution in [0.15, 0.2) is 48.5 Å². The third-order valence-corrected chi connectivity index (χ3v) is 3.40. The molecule has 25 heavy (non-hydrogen) atoms. The average Bonchev–Trinajstić information content (AvgIpc) is 2.53. The van der Waals surface area contributed by atoms with E-state index in [9.17, 15) is 22.8 Å². The summed E-state index contributed by atoms with van der Waals surface area (Å²) in [5.41, 5.74) is 0.293. The first-order valence-corrected chi connectivity index (χ1v) is 7.21. The maximum atomic E-state index is 12.7. The molecule has 0 aliphatic carbocycles. The first-order chi connectivity index (χ1) is 11.7. The van der Waals surface area contributed by atoms with Crippen LogP contribution in [0.3, 0.4) is 0 Å². The number of carboxylic acid groups (broad SMARTS) is 1. The fourth-order valence-electron chi connectivity index (χ4n) is 2.17. The van der Waals surface area contributed by atoms with Crippen molar-refractivity contribution in [3.05, 3.63) is 65.2 Å². The summed E-state index contributed by atoms with van der Waals surface area (Å²) in [4.78, 5) is 23.3. The number of alkyl halides is 3. The Bertz CT molecular complexity index is 773. The van der Waals surface area contributed by atoms with E-state index in [0.717, 1.165) is 23.8 Å². The van der Waals surface area contributed by atoms with Crippen LogP contribution in [0.5, 0.6) is 0 Å². The van der Waals surface area contributed by atoms with Gasteiger partial charge in [0.05, 0.1) is 5.56 Å². The highest BCUT2D eigenvalue weighted by Crippen LogP contribution is 2.30.